The van der Waals surface area contributed by atoms with Gasteiger partial charge >= 0.3 is 5.97 Å². The molecule has 2 atom stereocenters. The number of nitrogens with one attached hydrogen (secondary N) is 1. The molecule has 1 aliphatic carbocycles. The van der Waals surface area contributed by atoms with Crippen LogP contribution in [0.5, 0.6) is 5.75 Å². The fraction of sp³-hybridized carbons (Fsp3) is 0.458. The van der Waals surface area contributed by atoms with Crippen LogP contribution >= 0.6 is 24.0 Å². The number of benzene rings is 2. The second-order valence-electron chi connectivity index (χ2n) is 7.61. The molecule has 5 nitrogen and oxygen atoms in total. The summed E-state index contributed by atoms with van der Waals surface area (Å²) in [7, 11) is 0. The van der Waals surface area contributed by atoms with E-state index in [1.807, 2.05) is 25.1 Å². The van der Waals surface area contributed by atoms with Gasteiger partial charge in [0.1, 0.15) is 5.75 Å². The van der Waals surface area contributed by atoms with Crippen molar-refractivity contribution >= 4 is 30.0 Å². The van der Waals surface area contributed by atoms with E-state index in [9.17, 15) is 9.90 Å². The molecule has 0 aliphatic heterocycles. The lowest BCUT2D eigenvalue weighted by atomic mass is 9.88. The van der Waals surface area contributed by atoms with Crippen molar-refractivity contribution in [3.05, 3.63) is 64.2 Å². The zero-order chi connectivity index (χ0) is 21.3. The third-order valence-corrected chi connectivity index (χ3v) is 5.57. The molecule has 0 heterocycles. The predicted molar refractivity (Wildman–Crippen MR) is 125 cm³/mol. The SMILES string of the molecule is CCOC(=O)CCCOc1ccc2c(c1)CC(NCC(O)c1cccc(Cl)c1)CC2.Cl. The van der Waals surface area contributed by atoms with Crippen molar-refractivity contribution in [1.82, 2.24) is 5.32 Å². The Hall–Kier alpha value is -1.79. The van der Waals surface area contributed by atoms with Gasteiger partial charge in [0.05, 0.1) is 19.3 Å². The van der Waals surface area contributed by atoms with Crippen molar-refractivity contribution in [3.8, 4) is 5.75 Å². The zero-order valence-electron chi connectivity index (χ0n) is 17.8. The normalized spacial score (nSPS) is 16.0. The Morgan fingerprint density at radius 2 is 2.10 bits per heavy atom. The van der Waals surface area contributed by atoms with Gasteiger partial charge in [0.2, 0.25) is 0 Å². The van der Waals surface area contributed by atoms with E-state index in [4.69, 9.17) is 21.1 Å². The number of aliphatic hydroxyl groups is 1. The molecular formula is C24H31Cl2NO4. The molecule has 2 aromatic rings. The maximum Gasteiger partial charge on any atom is 0.305 e. The predicted octanol–water partition coefficient (Wildman–Crippen LogP) is 4.66. The maximum atomic E-state index is 11.4. The minimum atomic E-state index is -0.584. The van der Waals surface area contributed by atoms with Crippen LogP contribution in [0, 0.1) is 0 Å². The molecule has 3 rings (SSSR count). The molecule has 2 aromatic carbocycles. The highest BCUT2D eigenvalue weighted by Crippen LogP contribution is 2.26. The van der Waals surface area contributed by atoms with Gasteiger partial charge in [-0.1, -0.05) is 29.8 Å². The Morgan fingerprint density at radius 3 is 2.87 bits per heavy atom. The van der Waals surface area contributed by atoms with Crippen molar-refractivity contribution in [3.63, 3.8) is 0 Å². The molecule has 2 N–H and O–H groups in total. The molecule has 1 aliphatic rings. The first-order valence-electron chi connectivity index (χ1n) is 10.6. The number of hydrogen-bond donors (Lipinski definition) is 2. The fourth-order valence-corrected chi connectivity index (χ4v) is 3.95. The number of carbonyl (C=O) groups is 1. The van der Waals surface area contributed by atoms with Gasteiger partial charge < -0.3 is 19.9 Å². The number of rotatable bonds is 10. The molecule has 0 bridgehead atoms. The molecule has 7 heteroatoms. The number of esters is 1. The second kappa shape index (κ2) is 12.9. The second-order valence-corrected chi connectivity index (χ2v) is 8.04. The van der Waals surface area contributed by atoms with E-state index in [1.165, 1.54) is 11.1 Å². The van der Waals surface area contributed by atoms with Crippen LogP contribution in [-0.4, -0.2) is 36.9 Å². The van der Waals surface area contributed by atoms with Crippen LogP contribution in [0.25, 0.3) is 0 Å². The molecule has 2 unspecified atom stereocenters. The smallest absolute Gasteiger partial charge is 0.305 e. The molecule has 0 radical (unpaired) electrons. The van der Waals surface area contributed by atoms with Crippen LogP contribution in [0.15, 0.2) is 42.5 Å². The van der Waals surface area contributed by atoms with Gasteiger partial charge in [0.15, 0.2) is 0 Å². The molecule has 170 valence electrons. The summed E-state index contributed by atoms with van der Waals surface area (Å²) in [5.74, 6) is 0.651. The quantitative estimate of drug-likeness (QED) is 0.392. The highest BCUT2D eigenvalue weighted by atomic mass is 35.5. The summed E-state index contributed by atoms with van der Waals surface area (Å²) in [5.41, 5.74) is 3.45. The summed E-state index contributed by atoms with van der Waals surface area (Å²) in [6.45, 7) is 3.20. The van der Waals surface area contributed by atoms with Crippen LogP contribution in [-0.2, 0) is 22.4 Å². The van der Waals surface area contributed by atoms with Crippen LogP contribution in [0.1, 0.15) is 49.0 Å². The minimum Gasteiger partial charge on any atom is -0.494 e. The van der Waals surface area contributed by atoms with E-state index < -0.39 is 6.10 Å². The maximum absolute atomic E-state index is 11.4. The summed E-state index contributed by atoms with van der Waals surface area (Å²) >= 11 is 6.02. The molecule has 0 fully saturated rings. The topological polar surface area (TPSA) is 67.8 Å². The van der Waals surface area contributed by atoms with E-state index in [1.54, 1.807) is 12.1 Å². The first-order chi connectivity index (χ1) is 14.5. The molecule has 31 heavy (non-hydrogen) atoms. The Bertz CT molecular complexity index is 846. The van der Waals surface area contributed by atoms with Crippen molar-refractivity contribution in [1.29, 1.82) is 0 Å². The Kier molecular flexibility index (Phi) is 10.6. The first kappa shape index (κ1) is 25.5. The van der Waals surface area contributed by atoms with Gasteiger partial charge in [-0.05, 0) is 73.6 Å². The Morgan fingerprint density at radius 1 is 1.26 bits per heavy atom. The average molecular weight is 468 g/mol. The van der Waals surface area contributed by atoms with Gasteiger partial charge in [-0.15, -0.1) is 12.4 Å². The van der Waals surface area contributed by atoms with Gasteiger partial charge in [-0.3, -0.25) is 4.79 Å². The number of aliphatic hydroxyl groups excluding tert-OH is 1. The molecule has 0 aromatic heterocycles. The van der Waals surface area contributed by atoms with Crippen molar-refractivity contribution < 1.29 is 19.4 Å². The summed E-state index contributed by atoms with van der Waals surface area (Å²) in [6, 6.07) is 13.9. The number of fused-ring (bicyclic) bond motifs is 1. The molecule has 0 amide bonds. The van der Waals surface area contributed by atoms with E-state index in [0.29, 0.717) is 43.7 Å². The summed E-state index contributed by atoms with van der Waals surface area (Å²) in [6.07, 6.45) is 3.37. The lowest BCUT2D eigenvalue weighted by Crippen LogP contribution is -2.37. The third-order valence-electron chi connectivity index (χ3n) is 5.34. The minimum absolute atomic E-state index is 0. The van der Waals surface area contributed by atoms with Crippen LogP contribution in [0.3, 0.4) is 0 Å². The lowest BCUT2D eigenvalue weighted by Gasteiger charge is -2.27. The third kappa shape index (κ3) is 8.00. The number of ether oxygens (including phenoxy) is 2. The largest absolute Gasteiger partial charge is 0.494 e. The van der Waals surface area contributed by atoms with E-state index in [2.05, 4.69) is 17.4 Å². The van der Waals surface area contributed by atoms with E-state index in [0.717, 1.165) is 30.6 Å². The summed E-state index contributed by atoms with van der Waals surface area (Å²) in [4.78, 5) is 11.4. The molecular weight excluding hydrogens is 437 g/mol. The van der Waals surface area contributed by atoms with Crippen LogP contribution in [0.4, 0.5) is 0 Å². The van der Waals surface area contributed by atoms with Crippen molar-refractivity contribution in [2.45, 2.75) is 51.2 Å². The highest BCUT2D eigenvalue weighted by molar-refractivity contribution is 6.30. The van der Waals surface area contributed by atoms with Crippen LogP contribution in [0.2, 0.25) is 5.02 Å². The Balaban J connectivity index is 0.00000341. The first-order valence-corrected chi connectivity index (χ1v) is 11.0. The van der Waals surface area contributed by atoms with Crippen molar-refractivity contribution in [2.24, 2.45) is 0 Å². The molecule has 0 saturated carbocycles. The van der Waals surface area contributed by atoms with Gasteiger partial charge in [0, 0.05) is 24.0 Å². The van der Waals surface area contributed by atoms with E-state index >= 15 is 0 Å². The summed E-state index contributed by atoms with van der Waals surface area (Å²) < 4.78 is 10.8. The molecule has 0 spiro atoms. The average Bonchev–Trinajstić information content (AvgIpc) is 2.75. The van der Waals surface area contributed by atoms with Crippen molar-refractivity contribution in [2.75, 3.05) is 19.8 Å². The molecule has 0 saturated heterocycles. The van der Waals surface area contributed by atoms with E-state index in [-0.39, 0.29) is 18.4 Å². The monoisotopic (exact) mass is 467 g/mol. The number of carbonyl (C=O) groups excluding carboxylic acids is 1. The number of halogens is 2. The summed E-state index contributed by atoms with van der Waals surface area (Å²) in [5, 5.41) is 14.6. The Labute approximate surface area is 195 Å². The zero-order valence-corrected chi connectivity index (χ0v) is 19.4. The van der Waals surface area contributed by atoms with Gasteiger partial charge in [0.25, 0.3) is 0 Å². The fourth-order valence-electron chi connectivity index (χ4n) is 3.75. The van der Waals surface area contributed by atoms with Crippen LogP contribution < -0.4 is 10.1 Å². The lowest BCUT2D eigenvalue weighted by molar-refractivity contribution is -0.143. The van der Waals surface area contributed by atoms with Gasteiger partial charge in [-0.2, -0.15) is 0 Å². The highest BCUT2D eigenvalue weighted by Gasteiger charge is 2.20. The number of aryl methyl sites for hydroxylation is 1. The number of hydrogen-bond acceptors (Lipinski definition) is 5. The standard InChI is InChI=1S/C24H30ClNO4.ClH/c1-2-29-24(28)7-4-12-30-22-11-9-17-8-10-21(14-19(17)15-22)26-16-23(27)18-5-3-6-20(25)13-18;/h3,5-6,9,11,13,15,21,23,26-27H,2,4,7-8,10,12,14,16H2,1H3;1H. The van der Waals surface area contributed by atoms with Gasteiger partial charge in [-0.25, -0.2) is 0 Å².